The van der Waals surface area contributed by atoms with Gasteiger partial charge in [-0.3, -0.25) is 15.1 Å². The van der Waals surface area contributed by atoms with Crippen molar-refractivity contribution < 1.29 is 0 Å². The van der Waals surface area contributed by atoms with Gasteiger partial charge in [0, 0.05) is 10.2 Å². The first-order valence-corrected chi connectivity index (χ1v) is 7.77. The summed E-state index contributed by atoms with van der Waals surface area (Å²) in [5, 5.41) is 3.68. The summed E-state index contributed by atoms with van der Waals surface area (Å²) < 4.78 is 0. The summed E-state index contributed by atoms with van der Waals surface area (Å²) in [5.74, 6) is 0.0365. The summed E-state index contributed by atoms with van der Waals surface area (Å²) in [6, 6.07) is 0. The van der Waals surface area contributed by atoms with Gasteiger partial charge in [0.1, 0.15) is 5.79 Å². The largest absolute Gasteiger partial charge is 0.291 e. The zero-order chi connectivity index (χ0) is 11.9. The van der Waals surface area contributed by atoms with Crippen molar-refractivity contribution in [2.24, 2.45) is 0 Å². The highest BCUT2D eigenvalue weighted by Gasteiger charge is 2.33. The van der Waals surface area contributed by atoms with Crippen molar-refractivity contribution in [2.45, 2.75) is 40.4 Å². The van der Waals surface area contributed by atoms with Gasteiger partial charge in [-0.15, -0.1) is 0 Å². The number of nitrogens with zero attached hydrogens (tertiary/aromatic N) is 2. The van der Waals surface area contributed by atoms with Gasteiger partial charge >= 0.3 is 0 Å². The second kappa shape index (κ2) is 7.38. The lowest BCUT2D eigenvalue weighted by molar-refractivity contribution is -0.0589. The average molecular weight is 231 g/mol. The van der Waals surface area contributed by atoms with Gasteiger partial charge in [-0.1, -0.05) is 27.7 Å². The molecule has 1 N–H and O–H groups in total. The van der Waals surface area contributed by atoms with E-state index in [9.17, 15) is 0 Å². The highest BCUT2D eigenvalue weighted by Crippen LogP contribution is 2.16. The molecule has 4 heteroatoms. The predicted molar refractivity (Wildman–Crippen MR) is 72.2 cm³/mol. The molecule has 15 heavy (non-hydrogen) atoms. The monoisotopic (exact) mass is 231 g/mol. The van der Waals surface area contributed by atoms with E-state index in [1.165, 1.54) is 10.2 Å². The van der Waals surface area contributed by atoms with E-state index in [4.69, 9.17) is 0 Å². The van der Waals surface area contributed by atoms with Gasteiger partial charge in [-0.25, -0.2) is 0 Å². The van der Waals surface area contributed by atoms with Crippen LogP contribution >= 0.6 is 0 Å². The Hall–Kier alpha value is 0.0969. The van der Waals surface area contributed by atoms with E-state index in [2.05, 4.69) is 49.7 Å². The van der Waals surface area contributed by atoms with Gasteiger partial charge < -0.3 is 0 Å². The third kappa shape index (κ3) is 3.55. The molecule has 0 aliphatic carbocycles. The third-order valence-electron chi connectivity index (χ3n) is 3.27. The summed E-state index contributed by atoms with van der Waals surface area (Å²) in [6.45, 7) is 15.6. The van der Waals surface area contributed by atoms with Crippen molar-refractivity contribution >= 4 is 10.2 Å². The van der Waals surface area contributed by atoms with E-state index < -0.39 is 0 Å². The fourth-order valence-electron chi connectivity index (χ4n) is 2.44. The van der Waals surface area contributed by atoms with Gasteiger partial charge in [0.2, 0.25) is 0 Å². The van der Waals surface area contributed by atoms with Crippen LogP contribution in [0.3, 0.4) is 0 Å². The van der Waals surface area contributed by atoms with Crippen LogP contribution in [0.4, 0.5) is 0 Å². The first-order valence-electron chi connectivity index (χ1n) is 6.35. The molecule has 0 aliphatic rings. The molecule has 0 bridgehead atoms. The molecule has 0 aromatic rings. The standard InChI is InChI=1S/C11H29N3Si/c1-6-13(7-2)11(5,12-10-15)14(8-3)9-4/h12H,6-10H2,1-5,15H3. The molecular weight excluding hydrogens is 202 g/mol. The van der Waals surface area contributed by atoms with Gasteiger partial charge in [-0.2, -0.15) is 0 Å². The molecule has 0 heterocycles. The number of nitrogens with one attached hydrogen (secondary N) is 1. The maximum Gasteiger partial charge on any atom is 0.125 e. The molecule has 0 saturated heterocycles. The minimum atomic E-state index is 0.0365. The van der Waals surface area contributed by atoms with E-state index in [1.54, 1.807) is 0 Å². The van der Waals surface area contributed by atoms with Crippen molar-refractivity contribution in [1.29, 1.82) is 0 Å². The lowest BCUT2D eigenvalue weighted by atomic mass is 10.2. The smallest absolute Gasteiger partial charge is 0.125 e. The molecule has 0 unspecified atom stereocenters. The Morgan fingerprint density at radius 1 is 0.933 bits per heavy atom. The minimum absolute atomic E-state index is 0.0365. The Kier molecular flexibility index (Phi) is 7.43. The molecule has 0 aliphatic heterocycles. The van der Waals surface area contributed by atoms with Crippen LogP contribution in [0, 0.1) is 0 Å². The predicted octanol–water partition coefficient (Wildman–Crippen LogP) is 0.256. The Bertz CT molecular complexity index is 144. The van der Waals surface area contributed by atoms with Crippen molar-refractivity contribution in [3.05, 3.63) is 0 Å². The third-order valence-corrected chi connectivity index (χ3v) is 3.62. The van der Waals surface area contributed by atoms with Crippen LogP contribution < -0.4 is 5.32 Å². The fourth-order valence-corrected chi connectivity index (χ4v) is 3.11. The van der Waals surface area contributed by atoms with Crippen LogP contribution in [-0.2, 0) is 0 Å². The molecule has 0 saturated carbocycles. The maximum absolute atomic E-state index is 3.68. The van der Waals surface area contributed by atoms with E-state index in [0.717, 1.165) is 32.3 Å². The van der Waals surface area contributed by atoms with E-state index >= 15 is 0 Å². The van der Waals surface area contributed by atoms with Crippen molar-refractivity contribution in [1.82, 2.24) is 15.1 Å². The highest BCUT2D eigenvalue weighted by molar-refractivity contribution is 6.08. The molecular formula is C11H29N3Si. The molecule has 0 aromatic carbocycles. The lowest BCUT2D eigenvalue weighted by Gasteiger charge is -2.48. The summed E-state index contributed by atoms with van der Waals surface area (Å²) in [4.78, 5) is 5.00. The lowest BCUT2D eigenvalue weighted by Crippen LogP contribution is -2.67. The number of hydrogen-bond acceptors (Lipinski definition) is 3. The molecule has 0 amide bonds. The van der Waals surface area contributed by atoms with Gasteiger partial charge in [0.05, 0.1) is 0 Å². The summed E-state index contributed by atoms with van der Waals surface area (Å²) in [7, 11) is 1.21. The van der Waals surface area contributed by atoms with Gasteiger partial charge in [0.25, 0.3) is 0 Å². The average Bonchev–Trinajstić information content (AvgIpc) is 2.21. The van der Waals surface area contributed by atoms with Gasteiger partial charge in [0.15, 0.2) is 0 Å². The highest BCUT2D eigenvalue weighted by atomic mass is 28.1. The Labute approximate surface area is 98.6 Å². The Morgan fingerprint density at radius 2 is 1.27 bits per heavy atom. The molecule has 0 atom stereocenters. The second-order valence-electron chi connectivity index (χ2n) is 3.90. The maximum atomic E-state index is 3.68. The minimum Gasteiger partial charge on any atom is -0.291 e. The van der Waals surface area contributed by atoms with Crippen molar-refractivity contribution in [2.75, 3.05) is 32.3 Å². The number of hydrogen-bond donors (Lipinski definition) is 1. The summed E-state index contributed by atoms with van der Waals surface area (Å²) in [6.07, 6.45) is 1.14. The van der Waals surface area contributed by atoms with Crippen LogP contribution in [0.2, 0.25) is 0 Å². The van der Waals surface area contributed by atoms with Crippen LogP contribution in [0.25, 0.3) is 0 Å². The van der Waals surface area contributed by atoms with E-state index in [0.29, 0.717) is 0 Å². The van der Waals surface area contributed by atoms with E-state index in [1.807, 2.05) is 0 Å². The van der Waals surface area contributed by atoms with Crippen molar-refractivity contribution in [3.63, 3.8) is 0 Å². The molecule has 0 radical (unpaired) electrons. The normalized spacial score (nSPS) is 13.0. The molecule has 0 aromatic heterocycles. The quantitative estimate of drug-likeness (QED) is 0.477. The SMILES string of the molecule is CCN(CC)C(C)(NC[SiH3])N(CC)CC. The van der Waals surface area contributed by atoms with Crippen molar-refractivity contribution in [3.8, 4) is 0 Å². The molecule has 3 nitrogen and oxygen atoms in total. The zero-order valence-corrected chi connectivity index (χ0v) is 13.4. The van der Waals surface area contributed by atoms with Crippen LogP contribution in [-0.4, -0.2) is 58.2 Å². The Morgan fingerprint density at radius 3 is 1.47 bits per heavy atom. The summed E-state index contributed by atoms with van der Waals surface area (Å²) in [5.41, 5.74) is 0. The number of rotatable bonds is 8. The summed E-state index contributed by atoms with van der Waals surface area (Å²) >= 11 is 0. The van der Waals surface area contributed by atoms with Crippen LogP contribution in [0.5, 0.6) is 0 Å². The Balaban J connectivity index is 4.82. The molecule has 0 fully saturated rings. The van der Waals surface area contributed by atoms with E-state index in [-0.39, 0.29) is 5.79 Å². The molecule has 92 valence electrons. The fraction of sp³-hybridized carbons (Fsp3) is 1.00. The zero-order valence-electron chi connectivity index (χ0n) is 11.4. The second-order valence-corrected chi connectivity index (χ2v) is 4.60. The van der Waals surface area contributed by atoms with Gasteiger partial charge in [-0.05, 0) is 39.3 Å². The van der Waals surface area contributed by atoms with Crippen LogP contribution in [0.1, 0.15) is 34.6 Å². The van der Waals surface area contributed by atoms with Crippen LogP contribution in [0.15, 0.2) is 0 Å². The molecule has 0 rings (SSSR count). The first kappa shape index (κ1) is 15.1. The molecule has 0 spiro atoms. The topological polar surface area (TPSA) is 18.5 Å². The first-order chi connectivity index (χ1) is 7.10.